The second-order valence-corrected chi connectivity index (χ2v) is 10.0. The lowest BCUT2D eigenvalue weighted by molar-refractivity contribution is -0.137. The predicted octanol–water partition coefficient (Wildman–Crippen LogP) is 5.79. The molecular formula is C26H23F3N8O2S. The summed E-state index contributed by atoms with van der Waals surface area (Å²) in [6.07, 6.45) is -2.19. The Labute approximate surface area is 230 Å². The standard InChI is InChI=1S/C26H23F3N8O2S/c1-4-20-34-35-24(40-20)33-23-30-12-16-13-37(25(39)36(3)21(16)32-23)19-11-18(9-8-14(19)2)31-22(38)15-6-5-7-17(10-15)26(27,28)29/h5-12H,4,13H2,1-3H3,(H,31,38)(H,30,32,33,35). The lowest BCUT2D eigenvalue weighted by Gasteiger charge is -2.35. The SMILES string of the molecule is CCc1nnc(Nc2ncc3c(n2)N(C)C(=O)N(c2cc(NC(=O)c4cccc(C(F)(F)F)c4)ccc2C)C3)s1. The van der Waals surface area contributed by atoms with E-state index in [-0.39, 0.29) is 24.1 Å². The molecule has 14 heteroatoms. The molecule has 1 aliphatic rings. The number of urea groups is 1. The number of carbonyl (C=O) groups excluding carboxylic acids is 2. The number of benzene rings is 2. The highest BCUT2D eigenvalue weighted by molar-refractivity contribution is 7.15. The summed E-state index contributed by atoms with van der Waals surface area (Å²) < 4.78 is 39.2. The van der Waals surface area contributed by atoms with Crippen LogP contribution in [0.25, 0.3) is 0 Å². The number of carbonyl (C=O) groups is 2. The van der Waals surface area contributed by atoms with Crippen molar-refractivity contribution in [2.24, 2.45) is 0 Å². The van der Waals surface area contributed by atoms with Gasteiger partial charge in [0.1, 0.15) is 10.8 Å². The molecular weight excluding hydrogens is 545 g/mol. The molecule has 0 saturated carbocycles. The molecule has 0 bridgehead atoms. The van der Waals surface area contributed by atoms with Gasteiger partial charge in [0.15, 0.2) is 0 Å². The fourth-order valence-electron chi connectivity index (χ4n) is 4.12. The largest absolute Gasteiger partial charge is 0.416 e. The molecule has 0 spiro atoms. The third kappa shape index (κ3) is 5.43. The second-order valence-electron chi connectivity index (χ2n) is 8.98. The third-order valence-electron chi connectivity index (χ3n) is 6.20. The lowest BCUT2D eigenvalue weighted by atomic mass is 10.1. The van der Waals surface area contributed by atoms with Gasteiger partial charge in [-0.25, -0.2) is 9.78 Å². The third-order valence-corrected chi connectivity index (χ3v) is 7.19. The Morgan fingerprint density at radius 1 is 1.15 bits per heavy atom. The number of hydrogen-bond donors (Lipinski definition) is 2. The Morgan fingerprint density at radius 2 is 1.95 bits per heavy atom. The van der Waals surface area contributed by atoms with Crippen LogP contribution in [0.3, 0.4) is 0 Å². The first kappa shape index (κ1) is 27.0. The van der Waals surface area contributed by atoms with Crippen LogP contribution in [0.2, 0.25) is 0 Å². The summed E-state index contributed by atoms with van der Waals surface area (Å²) in [5, 5.41) is 15.2. The number of aryl methyl sites for hydroxylation is 2. The number of hydrogen-bond acceptors (Lipinski definition) is 8. The number of amides is 3. The summed E-state index contributed by atoms with van der Waals surface area (Å²) in [4.78, 5) is 37.9. The van der Waals surface area contributed by atoms with Crippen molar-refractivity contribution in [2.75, 3.05) is 27.5 Å². The van der Waals surface area contributed by atoms with Crippen molar-refractivity contribution in [1.82, 2.24) is 20.2 Å². The van der Waals surface area contributed by atoms with E-state index in [1.54, 1.807) is 31.4 Å². The van der Waals surface area contributed by atoms with Crippen molar-refractivity contribution in [3.8, 4) is 0 Å². The number of aromatic nitrogens is 4. The van der Waals surface area contributed by atoms with Gasteiger partial charge in [0.05, 0.1) is 17.8 Å². The van der Waals surface area contributed by atoms with Crippen LogP contribution in [-0.2, 0) is 19.1 Å². The molecule has 5 rings (SSSR count). The maximum Gasteiger partial charge on any atom is 0.416 e. The van der Waals surface area contributed by atoms with Crippen molar-refractivity contribution < 1.29 is 22.8 Å². The summed E-state index contributed by atoms with van der Waals surface area (Å²) in [5.41, 5.74) is 1.23. The van der Waals surface area contributed by atoms with Crippen LogP contribution in [0.15, 0.2) is 48.7 Å². The number of nitrogens with zero attached hydrogens (tertiary/aromatic N) is 6. The monoisotopic (exact) mass is 568 g/mol. The van der Waals surface area contributed by atoms with Gasteiger partial charge in [-0.05, 0) is 49.2 Å². The van der Waals surface area contributed by atoms with E-state index < -0.39 is 17.6 Å². The average Bonchev–Trinajstić information content (AvgIpc) is 3.39. The molecule has 0 fully saturated rings. The molecule has 0 atom stereocenters. The normalized spacial score (nSPS) is 13.3. The number of fused-ring (bicyclic) bond motifs is 1. The molecule has 0 radical (unpaired) electrons. The summed E-state index contributed by atoms with van der Waals surface area (Å²) in [5.74, 6) is 0.00928. The Bertz CT molecular complexity index is 1610. The topological polar surface area (TPSA) is 116 Å². The van der Waals surface area contributed by atoms with Crippen molar-refractivity contribution in [3.63, 3.8) is 0 Å². The minimum Gasteiger partial charge on any atom is -0.322 e. The molecule has 0 saturated heterocycles. The first-order valence-electron chi connectivity index (χ1n) is 12.1. The Hall–Kier alpha value is -4.59. The first-order chi connectivity index (χ1) is 19.0. The van der Waals surface area contributed by atoms with Crippen molar-refractivity contribution in [3.05, 3.63) is 75.9 Å². The van der Waals surface area contributed by atoms with Crippen molar-refractivity contribution in [1.29, 1.82) is 0 Å². The molecule has 2 aromatic carbocycles. The molecule has 40 heavy (non-hydrogen) atoms. The van der Waals surface area contributed by atoms with Gasteiger partial charge in [-0.2, -0.15) is 18.2 Å². The van der Waals surface area contributed by atoms with Gasteiger partial charge in [0.2, 0.25) is 11.1 Å². The van der Waals surface area contributed by atoms with E-state index in [1.807, 2.05) is 13.8 Å². The Morgan fingerprint density at radius 3 is 2.67 bits per heavy atom. The summed E-state index contributed by atoms with van der Waals surface area (Å²) >= 11 is 1.39. The van der Waals surface area contributed by atoms with Crippen LogP contribution in [0, 0.1) is 6.92 Å². The highest BCUT2D eigenvalue weighted by Crippen LogP contribution is 2.34. The van der Waals surface area contributed by atoms with E-state index in [0.717, 1.165) is 29.1 Å². The van der Waals surface area contributed by atoms with E-state index in [2.05, 4.69) is 30.8 Å². The van der Waals surface area contributed by atoms with Gasteiger partial charge in [-0.3, -0.25) is 19.9 Å². The average molecular weight is 569 g/mol. The number of nitrogens with one attached hydrogen (secondary N) is 2. The molecule has 206 valence electrons. The van der Waals surface area contributed by atoms with Crippen LogP contribution < -0.4 is 20.4 Å². The first-order valence-corrected chi connectivity index (χ1v) is 12.9. The van der Waals surface area contributed by atoms with E-state index in [9.17, 15) is 22.8 Å². The van der Waals surface area contributed by atoms with Crippen LogP contribution in [-0.4, -0.2) is 39.2 Å². The van der Waals surface area contributed by atoms with Gasteiger partial charge < -0.3 is 5.32 Å². The molecule has 2 aromatic heterocycles. The molecule has 2 N–H and O–H groups in total. The zero-order valence-corrected chi connectivity index (χ0v) is 22.4. The maximum atomic E-state index is 13.4. The molecule has 4 aromatic rings. The molecule has 10 nitrogen and oxygen atoms in total. The quantitative estimate of drug-likeness (QED) is 0.302. The highest BCUT2D eigenvalue weighted by atomic mass is 32.1. The number of rotatable bonds is 6. The fourth-order valence-corrected chi connectivity index (χ4v) is 4.79. The maximum absolute atomic E-state index is 13.4. The van der Waals surface area contributed by atoms with Crippen molar-refractivity contribution >= 4 is 51.5 Å². The van der Waals surface area contributed by atoms with Crippen molar-refractivity contribution in [2.45, 2.75) is 33.0 Å². The van der Waals surface area contributed by atoms with Crippen LogP contribution in [0.5, 0.6) is 0 Å². The van der Waals surface area contributed by atoms with E-state index in [4.69, 9.17) is 0 Å². The lowest BCUT2D eigenvalue weighted by Crippen LogP contribution is -2.46. The zero-order valence-electron chi connectivity index (χ0n) is 21.6. The number of anilines is 5. The van der Waals surface area contributed by atoms with Crippen LogP contribution in [0.4, 0.5) is 46.2 Å². The van der Waals surface area contributed by atoms with Gasteiger partial charge in [0, 0.05) is 30.1 Å². The predicted molar refractivity (Wildman–Crippen MR) is 145 cm³/mol. The van der Waals surface area contributed by atoms with E-state index in [1.165, 1.54) is 33.3 Å². The second kappa shape index (κ2) is 10.5. The van der Waals surface area contributed by atoms with Gasteiger partial charge in [-0.15, -0.1) is 10.2 Å². The van der Waals surface area contributed by atoms with Crippen LogP contribution in [0.1, 0.15) is 39.0 Å². The van der Waals surface area contributed by atoms with Gasteiger partial charge in [0.25, 0.3) is 5.91 Å². The molecule has 1 aliphatic heterocycles. The molecule has 3 heterocycles. The minimum absolute atomic E-state index is 0.138. The summed E-state index contributed by atoms with van der Waals surface area (Å²) in [6, 6.07) is 8.76. The van der Waals surface area contributed by atoms with Gasteiger partial charge >= 0.3 is 12.2 Å². The Kier molecular flexibility index (Phi) is 7.10. The van der Waals surface area contributed by atoms with Crippen LogP contribution >= 0.6 is 11.3 Å². The van der Waals surface area contributed by atoms with Gasteiger partial charge in [-0.1, -0.05) is 30.4 Å². The summed E-state index contributed by atoms with van der Waals surface area (Å²) in [6.45, 7) is 3.96. The number of halogens is 3. The number of alkyl halides is 3. The molecule has 3 amide bonds. The summed E-state index contributed by atoms with van der Waals surface area (Å²) in [7, 11) is 1.60. The van der Waals surface area contributed by atoms with E-state index in [0.29, 0.717) is 27.9 Å². The highest BCUT2D eigenvalue weighted by Gasteiger charge is 2.32. The minimum atomic E-state index is -4.57. The smallest absolute Gasteiger partial charge is 0.322 e. The molecule has 0 aliphatic carbocycles. The Balaban J connectivity index is 1.37. The van der Waals surface area contributed by atoms with E-state index >= 15 is 0 Å². The zero-order chi connectivity index (χ0) is 28.6. The fraction of sp³-hybridized carbons (Fsp3) is 0.231. The molecule has 0 unspecified atom stereocenters.